The van der Waals surface area contributed by atoms with E-state index in [4.69, 9.17) is 9.47 Å². The van der Waals surface area contributed by atoms with E-state index in [9.17, 15) is 18.0 Å². The van der Waals surface area contributed by atoms with Crippen molar-refractivity contribution in [2.24, 2.45) is 5.92 Å². The number of carbonyl (C=O) groups excluding carboxylic acids is 2. The molecule has 3 aromatic rings. The highest BCUT2D eigenvalue weighted by atomic mass is 32.2. The summed E-state index contributed by atoms with van der Waals surface area (Å²) >= 11 is 0. The van der Waals surface area contributed by atoms with Crippen molar-refractivity contribution in [3.63, 3.8) is 0 Å². The number of benzene rings is 3. The van der Waals surface area contributed by atoms with Crippen LogP contribution in [0.25, 0.3) is 0 Å². The standard InChI is InChI=1S/C30H37N3O6S/c1-22(2)19-31-30(35)23(3)32(20-24-12-8-6-9-13-24)29(34)21-33(40(36,37)26-14-10-7-11-15-26)27-18-25(38-4)16-17-28(27)39-5/h6-18,22-23H,19-21H2,1-5H3,(H,31,35)/t23-/m0/s1. The number of nitrogens with one attached hydrogen (secondary N) is 1. The number of hydrogen-bond donors (Lipinski definition) is 1. The number of ether oxygens (including phenoxy) is 2. The molecule has 0 bridgehead atoms. The Balaban J connectivity index is 2.08. The van der Waals surface area contributed by atoms with E-state index in [1.165, 1.54) is 37.3 Å². The van der Waals surface area contributed by atoms with Gasteiger partial charge < -0.3 is 19.7 Å². The number of carbonyl (C=O) groups is 2. The molecule has 3 aromatic carbocycles. The zero-order chi connectivity index (χ0) is 29.3. The third-order valence-corrected chi connectivity index (χ3v) is 8.09. The van der Waals surface area contributed by atoms with Crippen molar-refractivity contribution in [3.8, 4) is 11.5 Å². The van der Waals surface area contributed by atoms with E-state index >= 15 is 0 Å². The average molecular weight is 568 g/mol. The first-order valence-corrected chi connectivity index (χ1v) is 14.4. The fraction of sp³-hybridized carbons (Fsp3) is 0.333. The lowest BCUT2D eigenvalue weighted by molar-refractivity contribution is -0.139. The highest BCUT2D eigenvalue weighted by Gasteiger charge is 2.34. The maximum absolute atomic E-state index is 14.0. The summed E-state index contributed by atoms with van der Waals surface area (Å²) < 4.78 is 39.8. The molecule has 0 aromatic heterocycles. The molecule has 0 unspecified atom stereocenters. The molecule has 0 aliphatic rings. The van der Waals surface area contributed by atoms with Crippen molar-refractivity contribution in [3.05, 3.63) is 84.4 Å². The maximum Gasteiger partial charge on any atom is 0.264 e. The van der Waals surface area contributed by atoms with Crippen LogP contribution in [0.5, 0.6) is 11.5 Å². The highest BCUT2D eigenvalue weighted by Crippen LogP contribution is 2.36. The summed E-state index contributed by atoms with van der Waals surface area (Å²) in [7, 11) is -1.35. The van der Waals surface area contributed by atoms with Crippen molar-refractivity contribution < 1.29 is 27.5 Å². The van der Waals surface area contributed by atoms with E-state index in [0.29, 0.717) is 12.3 Å². The molecule has 1 atom stereocenters. The van der Waals surface area contributed by atoms with E-state index in [2.05, 4.69) is 5.32 Å². The number of rotatable bonds is 13. The van der Waals surface area contributed by atoms with Crippen LogP contribution in [0.4, 0.5) is 5.69 Å². The summed E-state index contributed by atoms with van der Waals surface area (Å²) in [6, 6.07) is 21.0. The summed E-state index contributed by atoms with van der Waals surface area (Å²) in [6.07, 6.45) is 0. The van der Waals surface area contributed by atoms with Crippen LogP contribution in [0.3, 0.4) is 0 Å². The van der Waals surface area contributed by atoms with Gasteiger partial charge in [0.25, 0.3) is 10.0 Å². The molecule has 0 aliphatic heterocycles. The Hall–Kier alpha value is -4.05. The van der Waals surface area contributed by atoms with Gasteiger partial charge in [-0.25, -0.2) is 8.42 Å². The molecule has 3 rings (SSSR count). The fourth-order valence-electron chi connectivity index (χ4n) is 4.04. The monoisotopic (exact) mass is 567 g/mol. The Morgan fingerprint density at radius 3 is 2.08 bits per heavy atom. The van der Waals surface area contributed by atoms with Crippen LogP contribution in [0.2, 0.25) is 0 Å². The van der Waals surface area contributed by atoms with E-state index < -0.39 is 28.5 Å². The summed E-state index contributed by atoms with van der Waals surface area (Å²) in [4.78, 5) is 28.5. The normalized spacial score (nSPS) is 11.9. The number of nitrogens with zero attached hydrogens (tertiary/aromatic N) is 2. The molecule has 0 fully saturated rings. The number of anilines is 1. The molecule has 10 heteroatoms. The van der Waals surface area contributed by atoms with Gasteiger partial charge in [-0.2, -0.15) is 0 Å². The lowest BCUT2D eigenvalue weighted by atomic mass is 10.1. The topological polar surface area (TPSA) is 105 Å². The van der Waals surface area contributed by atoms with Crippen LogP contribution in [0, 0.1) is 5.92 Å². The third kappa shape index (κ3) is 7.53. The van der Waals surface area contributed by atoms with Gasteiger partial charge in [0.1, 0.15) is 24.1 Å². The summed E-state index contributed by atoms with van der Waals surface area (Å²) in [5.41, 5.74) is 0.936. The highest BCUT2D eigenvalue weighted by molar-refractivity contribution is 7.92. The van der Waals surface area contributed by atoms with Gasteiger partial charge in [-0.3, -0.25) is 13.9 Å². The van der Waals surface area contributed by atoms with Gasteiger partial charge >= 0.3 is 0 Å². The molecule has 9 nitrogen and oxygen atoms in total. The number of sulfonamides is 1. The molecule has 0 spiro atoms. The zero-order valence-corrected chi connectivity index (χ0v) is 24.4. The van der Waals surface area contributed by atoms with Gasteiger partial charge in [0.15, 0.2) is 0 Å². The quantitative estimate of drug-likeness (QED) is 0.334. The molecule has 0 heterocycles. The maximum atomic E-state index is 14.0. The molecule has 0 aliphatic carbocycles. The molecule has 0 saturated heterocycles. The summed E-state index contributed by atoms with van der Waals surface area (Å²) in [5, 5.41) is 2.88. The molecule has 40 heavy (non-hydrogen) atoms. The van der Waals surface area contributed by atoms with Gasteiger partial charge in [-0.05, 0) is 42.7 Å². The molecule has 1 N–H and O–H groups in total. The average Bonchev–Trinajstić information content (AvgIpc) is 2.97. The lowest BCUT2D eigenvalue weighted by Gasteiger charge is -2.32. The largest absolute Gasteiger partial charge is 0.497 e. The molecule has 214 valence electrons. The van der Waals surface area contributed by atoms with E-state index in [1.807, 2.05) is 44.2 Å². The second-order valence-corrected chi connectivity index (χ2v) is 11.5. The van der Waals surface area contributed by atoms with Crippen LogP contribution in [0.1, 0.15) is 26.3 Å². The van der Waals surface area contributed by atoms with Crippen LogP contribution in [0.15, 0.2) is 83.8 Å². The second-order valence-electron chi connectivity index (χ2n) is 9.68. The first-order chi connectivity index (χ1) is 19.1. The van der Waals surface area contributed by atoms with Crippen LogP contribution >= 0.6 is 0 Å². The number of hydrogen-bond acceptors (Lipinski definition) is 6. The van der Waals surface area contributed by atoms with Crippen molar-refractivity contribution in [1.29, 1.82) is 0 Å². The van der Waals surface area contributed by atoms with Crippen LogP contribution in [-0.2, 0) is 26.2 Å². The third-order valence-electron chi connectivity index (χ3n) is 6.31. The molecule has 2 amide bonds. The molecule has 0 saturated carbocycles. The smallest absolute Gasteiger partial charge is 0.264 e. The van der Waals surface area contributed by atoms with Crippen LogP contribution < -0.4 is 19.1 Å². The second kappa shape index (κ2) is 13.8. The van der Waals surface area contributed by atoms with E-state index in [1.54, 1.807) is 37.3 Å². The number of methoxy groups -OCH3 is 2. The van der Waals surface area contributed by atoms with E-state index in [0.717, 1.165) is 9.87 Å². The summed E-state index contributed by atoms with van der Waals surface area (Å²) in [6.45, 7) is 5.59. The predicted molar refractivity (Wildman–Crippen MR) is 155 cm³/mol. The minimum atomic E-state index is -4.23. The van der Waals surface area contributed by atoms with E-state index in [-0.39, 0.29) is 34.7 Å². The Labute approximate surface area is 236 Å². The molecular weight excluding hydrogens is 530 g/mol. The van der Waals surface area contributed by atoms with Crippen molar-refractivity contribution >= 4 is 27.5 Å². The Morgan fingerprint density at radius 2 is 1.50 bits per heavy atom. The van der Waals surface area contributed by atoms with Crippen LogP contribution in [-0.4, -0.2) is 58.5 Å². The molecular formula is C30H37N3O6S. The van der Waals surface area contributed by atoms with Gasteiger partial charge in [-0.1, -0.05) is 62.4 Å². The Bertz CT molecular complexity index is 1380. The molecule has 0 radical (unpaired) electrons. The predicted octanol–water partition coefficient (Wildman–Crippen LogP) is 4.09. The minimum Gasteiger partial charge on any atom is -0.497 e. The SMILES string of the molecule is COc1ccc(OC)c(N(CC(=O)N(Cc2ccccc2)[C@@H](C)C(=O)NCC(C)C)S(=O)(=O)c2ccccc2)c1. The first-order valence-electron chi connectivity index (χ1n) is 13.0. The fourth-order valence-corrected chi connectivity index (χ4v) is 5.48. The van der Waals surface area contributed by atoms with Gasteiger partial charge in [-0.15, -0.1) is 0 Å². The first kappa shape index (κ1) is 30.5. The van der Waals surface area contributed by atoms with Crippen molar-refractivity contribution in [2.45, 2.75) is 38.3 Å². The van der Waals surface area contributed by atoms with Gasteiger partial charge in [0.2, 0.25) is 11.8 Å². The van der Waals surface area contributed by atoms with Gasteiger partial charge in [0, 0.05) is 19.2 Å². The lowest BCUT2D eigenvalue weighted by Crippen LogP contribution is -2.51. The van der Waals surface area contributed by atoms with Gasteiger partial charge in [0.05, 0.1) is 24.8 Å². The Kier molecular flexibility index (Phi) is 10.6. The Morgan fingerprint density at radius 1 is 0.875 bits per heavy atom. The summed E-state index contributed by atoms with van der Waals surface area (Å²) in [5.74, 6) is -0.0270. The van der Waals surface area contributed by atoms with Crippen molar-refractivity contribution in [2.75, 3.05) is 31.6 Å². The van der Waals surface area contributed by atoms with Crippen molar-refractivity contribution in [1.82, 2.24) is 10.2 Å². The zero-order valence-electron chi connectivity index (χ0n) is 23.5. The minimum absolute atomic E-state index is 0.00464. The number of amides is 2.